The van der Waals surface area contributed by atoms with Gasteiger partial charge >= 0.3 is 0 Å². The Labute approximate surface area is 258 Å². The minimum Gasteiger partial charge on any atom is -0.494 e. The Morgan fingerprint density at radius 2 is 1.77 bits per heavy atom. The lowest BCUT2D eigenvalue weighted by molar-refractivity contribution is -0.125. The fraction of sp³-hybridized carbons (Fsp3) is 0.324. The molecule has 0 saturated carbocycles. The monoisotopic (exact) mass is 608 g/mol. The van der Waals surface area contributed by atoms with Crippen molar-refractivity contribution in [2.45, 2.75) is 25.2 Å². The van der Waals surface area contributed by atoms with Crippen molar-refractivity contribution in [3.8, 4) is 5.75 Å². The molecule has 1 N–H and O–H groups in total. The first-order chi connectivity index (χ1) is 21.5. The largest absolute Gasteiger partial charge is 0.494 e. The molecule has 3 aromatic carbocycles. The van der Waals surface area contributed by atoms with Crippen molar-refractivity contribution in [3.63, 3.8) is 0 Å². The molecule has 44 heavy (non-hydrogen) atoms. The van der Waals surface area contributed by atoms with Crippen molar-refractivity contribution >= 4 is 45.1 Å². The van der Waals surface area contributed by atoms with E-state index in [-0.39, 0.29) is 42.5 Å². The second-order valence-electron chi connectivity index (χ2n) is 11.6. The van der Waals surface area contributed by atoms with E-state index in [0.717, 1.165) is 21.3 Å². The number of amides is 3. The molecule has 3 aliphatic rings. The first kappa shape index (κ1) is 28.2. The second kappa shape index (κ2) is 11.8. The molecule has 1 aliphatic carbocycles. The van der Waals surface area contributed by atoms with E-state index in [0.29, 0.717) is 67.9 Å². The van der Waals surface area contributed by atoms with Gasteiger partial charge in [0.1, 0.15) is 5.75 Å². The Kier molecular flexibility index (Phi) is 7.59. The molecule has 4 aromatic rings. The van der Waals surface area contributed by atoms with E-state index in [1.54, 1.807) is 39.6 Å². The van der Waals surface area contributed by atoms with Gasteiger partial charge in [-0.15, -0.1) is 11.3 Å². The predicted octanol–water partition coefficient (Wildman–Crippen LogP) is 4.32. The molecule has 0 radical (unpaired) electrons. The lowest BCUT2D eigenvalue weighted by atomic mass is 9.88. The van der Waals surface area contributed by atoms with E-state index in [1.807, 2.05) is 36.4 Å². The first-order valence-corrected chi connectivity index (χ1v) is 15.9. The summed E-state index contributed by atoms with van der Waals surface area (Å²) in [7, 11) is 0. The Morgan fingerprint density at radius 1 is 0.909 bits per heavy atom. The van der Waals surface area contributed by atoms with Crippen molar-refractivity contribution in [2.75, 3.05) is 39.3 Å². The second-order valence-corrected chi connectivity index (χ2v) is 12.5. The molecule has 3 heterocycles. The number of thiazole rings is 1. The van der Waals surface area contributed by atoms with Crippen LogP contribution in [0.15, 0.2) is 66.2 Å². The summed E-state index contributed by atoms with van der Waals surface area (Å²) in [6.45, 7) is 2.16. The standard InChI is InChI=1S/C34H32N4O5S/c39-30-11-9-24-25(30)6-2-7-26(24)34(42)37-13-3-15-43-23-5-1-4-21(16-23)27-18-38(19-28(27)32(40)35-12-14-37)33(41)22-8-10-29-31(17-22)44-20-36-29/h1-2,4-8,10,16-17,20,27-28H,3,9,11-15,18-19H2,(H,35,40)/t27-,28+/m1/s1. The van der Waals surface area contributed by atoms with Gasteiger partial charge in [0.25, 0.3) is 11.8 Å². The number of ether oxygens (including phenoxy) is 1. The van der Waals surface area contributed by atoms with E-state index < -0.39 is 5.92 Å². The van der Waals surface area contributed by atoms with Gasteiger partial charge in [0.15, 0.2) is 5.78 Å². The van der Waals surface area contributed by atoms with E-state index in [1.165, 1.54) is 11.3 Å². The van der Waals surface area contributed by atoms with Crippen LogP contribution in [-0.4, -0.2) is 77.6 Å². The maximum atomic E-state index is 13.7. The van der Waals surface area contributed by atoms with Crippen LogP contribution in [0.3, 0.4) is 0 Å². The number of carbonyl (C=O) groups excluding carboxylic acids is 4. The van der Waals surface area contributed by atoms with Crippen LogP contribution in [0.4, 0.5) is 0 Å². The van der Waals surface area contributed by atoms with Gasteiger partial charge in [-0.1, -0.05) is 24.3 Å². The summed E-state index contributed by atoms with van der Waals surface area (Å²) in [5.74, 6) is -0.315. The number of carbonyl (C=O) groups is 4. The van der Waals surface area contributed by atoms with Gasteiger partial charge in [0.2, 0.25) is 5.91 Å². The van der Waals surface area contributed by atoms with Crippen LogP contribution in [0.1, 0.15) is 61.0 Å². The number of Topliss-reactive ketones (excluding diaryl/α,β-unsaturated/α-hetero) is 1. The molecule has 9 nitrogen and oxygen atoms in total. The number of hydrogen-bond donors (Lipinski definition) is 1. The van der Waals surface area contributed by atoms with E-state index >= 15 is 0 Å². The fourth-order valence-electron chi connectivity index (χ4n) is 6.65. The number of ketones is 1. The summed E-state index contributed by atoms with van der Waals surface area (Å²) in [6.07, 6.45) is 1.59. The highest BCUT2D eigenvalue weighted by molar-refractivity contribution is 7.16. The van der Waals surface area contributed by atoms with Crippen molar-refractivity contribution in [3.05, 3.63) is 94.0 Å². The molecule has 2 atom stereocenters. The quantitative estimate of drug-likeness (QED) is 0.363. The molecule has 1 fully saturated rings. The Bertz CT molecular complexity index is 1780. The molecule has 0 unspecified atom stereocenters. The van der Waals surface area contributed by atoms with Crippen LogP contribution in [0, 0.1) is 5.92 Å². The van der Waals surface area contributed by atoms with Crippen molar-refractivity contribution < 1.29 is 23.9 Å². The SMILES string of the molecule is O=C1CCc2c1cccc2C(=O)N1CCCOc2cccc(c2)[C@H]2CN(C(=O)c3ccc4ncsc4c3)C[C@@H]2C(=O)NCC1. The summed E-state index contributed by atoms with van der Waals surface area (Å²) >= 11 is 1.49. The van der Waals surface area contributed by atoms with Gasteiger partial charge in [0.05, 0.1) is 28.3 Å². The third kappa shape index (κ3) is 5.34. The van der Waals surface area contributed by atoms with Crippen molar-refractivity contribution in [2.24, 2.45) is 5.92 Å². The summed E-state index contributed by atoms with van der Waals surface area (Å²) in [5, 5.41) is 3.07. The zero-order chi connectivity index (χ0) is 30.2. The lowest BCUT2D eigenvalue weighted by Crippen LogP contribution is -2.42. The Balaban J connectivity index is 1.13. The summed E-state index contributed by atoms with van der Waals surface area (Å²) < 4.78 is 7.04. The molecule has 10 heteroatoms. The van der Waals surface area contributed by atoms with E-state index in [9.17, 15) is 19.2 Å². The first-order valence-electron chi connectivity index (χ1n) is 15.0. The number of aromatic nitrogens is 1. The molecule has 2 aliphatic heterocycles. The van der Waals surface area contributed by atoms with Crippen molar-refractivity contribution in [1.29, 1.82) is 0 Å². The fourth-order valence-corrected chi connectivity index (χ4v) is 7.36. The predicted molar refractivity (Wildman–Crippen MR) is 166 cm³/mol. The van der Waals surface area contributed by atoms with Gasteiger partial charge < -0.3 is 19.9 Å². The van der Waals surface area contributed by atoms with E-state index in [4.69, 9.17) is 4.74 Å². The van der Waals surface area contributed by atoms with Crippen LogP contribution >= 0.6 is 11.3 Å². The normalized spacial score (nSPS) is 20.5. The van der Waals surface area contributed by atoms with Crippen molar-refractivity contribution in [1.82, 2.24) is 20.1 Å². The summed E-state index contributed by atoms with van der Waals surface area (Å²) in [4.78, 5) is 61.2. The molecule has 1 aromatic heterocycles. The summed E-state index contributed by atoms with van der Waals surface area (Å²) in [6, 6.07) is 18.6. The van der Waals surface area contributed by atoms with Gasteiger partial charge in [0, 0.05) is 61.8 Å². The average molecular weight is 609 g/mol. The lowest BCUT2D eigenvalue weighted by Gasteiger charge is -2.25. The summed E-state index contributed by atoms with van der Waals surface area (Å²) in [5.41, 5.74) is 6.15. The molecular formula is C34H32N4O5S. The van der Waals surface area contributed by atoms with Gasteiger partial charge in [-0.25, -0.2) is 4.98 Å². The highest BCUT2D eigenvalue weighted by Gasteiger charge is 2.41. The highest BCUT2D eigenvalue weighted by atomic mass is 32.1. The molecule has 224 valence electrons. The highest BCUT2D eigenvalue weighted by Crippen LogP contribution is 2.36. The van der Waals surface area contributed by atoms with Gasteiger partial charge in [-0.3, -0.25) is 19.2 Å². The number of nitrogens with one attached hydrogen (secondary N) is 1. The maximum absolute atomic E-state index is 13.7. The average Bonchev–Trinajstić information content (AvgIpc) is 3.79. The van der Waals surface area contributed by atoms with Crippen LogP contribution in [-0.2, 0) is 11.2 Å². The topological polar surface area (TPSA) is 109 Å². The molecule has 3 amide bonds. The third-order valence-electron chi connectivity index (χ3n) is 8.93. The number of nitrogens with zero attached hydrogens (tertiary/aromatic N) is 3. The van der Waals surface area contributed by atoms with Crippen LogP contribution in [0.2, 0.25) is 0 Å². The van der Waals surface area contributed by atoms with Gasteiger partial charge in [-0.05, 0) is 60.4 Å². The molecular weight excluding hydrogens is 576 g/mol. The molecule has 2 bridgehead atoms. The number of rotatable bonds is 2. The maximum Gasteiger partial charge on any atom is 0.254 e. The number of likely N-dealkylation sites (tertiary alicyclic amines) is 1. The zero-order valence-corrected chi connectivity index (χ0v) is 25.0. The smallest absolute Gasteiger partial charge is 0.254 e. The minimum atomic E-state index is -0.461. The third-order valence-corrected chi connectivity index (χ3v) is 9.72. The van der Waals surface area contributed by atoms with Crippen LogP contribution in [0.5, 0.6) is 5.75 Å². The van der Waals surface area contributed by atoms with Crippen LogP contribution in [0.25, 0.3) is 10.2 Å². The van der Waals surface area contributed by atoms with Crippen LogP contribution < -0.4 is 10.1 Å². The minimum absolute atomic E-state index is 0.0706. The number of benzene rings is 3. The number of hydrogen-bond acceptors (Lipinski definition) is 7. The molecule has 1 saturated heterocycles. The number of fused-ring (bicyclic) bond motifs is 6. The molecule has 7 rings (SSSR count). The zero-order valence-electron chi connectivity index (χ0n) is 24.2. The van der Waals surface area contributed by atoms with E-state index in [2.05, 4.69) is 10.3 Å². The Morgan fingerprint density at radius 3 is 2.68 bits per heavy atom. The Hall–Kier alpha value is -4.57. The van der Waals surface area contributed by atoms with Gasteiger partial charge in [-0.2, -0.15) is 0 Å². The molecule has 0 spiro atoms.